The number of nitrogens with one attached hydrogen (secondary N) is 1. The van der Waals surface area contributed by atoms with Gasteiger partial charge in [0.25, 0.3) is 0 Å². The van der Waals surface area contributed by atoms with Crippen molar-refractivity contribution in [2.45, 2.75) is 19.3 Å². The van der Waals surface area contributed by atoms with Crippen molar-refractivity contribution >= 4 is 11.8 Å². The van der Waals surface area contributed by atoms with Gasteiger partial charge in [0, 0.05) is 0 Å². The Morgan fingerprint density at radius 3 is 2.57 bits per heavy atom. The molecule has 2 heterocycles. The van der Waals surface area contributed by atoms with Crippen LogP contribution < -0.4 is 0 Å². The van der Waals surface area contributed by atoms with Crippen LogP contribution in [0.3, 0.4) is 0 Å². The second-order valence-electron chi connectivity index (χ2n) is 5.27. The molecule has 1 aromatic heterocycles. The summed E-state index contributed by atoms with van der Waals surface area (Å²) in [6, 6.07) is 5.33. The number of aromatic nitrogens is 1. The third kappa shape index (κ3) is 4.79. The van der Waals surface area contributed by atoms with Crippen LogP contribution in [0.1, 0.15) is 18.5 Å². The summed E-state index contributed by atoms with van der Waals surface area (Å²) in [4.78, 5) is 18.6. The third-order valence-corrected chi connectivity index (χ3v) is 3.89. The summed E-state index contributed by atoms with van der Waals surface area (Å²) >= 11 is 0. The molecule has 0 amide bonds. The van der Waals surface area contributed by atoms with Crippen LogP contribution in [0, 0.1) is 12.8 Å². The van der Waals surface area contributed by atoms with E-state index in [0.717, 1.165) is 31.6 Å². The maximum absolute atomic E-state index is 12.2. The molecule has 21 heavy (non-hydrogen) atoms. The van der Waals surface area contributed by atoms with Gasteiger partial charge in [0.15, 0.2) is 0 Å². The smallest absolute Gasteiger partial charge is 0.482 e. The van der Waals surface area contributed by atoms with Crippen LogP contribution in [-0.4, -0.2) is 43.1 Å². The molecule has 1 fully saturated rings. The quantitative estimate of drug-likeness (QED) is 0.513. The molecule has 0 atom stereocenters. The molecule has 2 rings (SSSR count). The van der Waals surface area contributed by atoms with Gasteiger partial charge in [0.1, 0.15) is 0 Å². The molecular weight excluding hydrogens is 438 g/mol. The fraction of sp³-hybridized carbons (Fsp3) is 0.533. The molecule has 1 saturated heterocycles. The second kappa shape index (κ2) is 8.50. The maximum atomic E-state index is 12.2. The molecule has 1 aromatic rings. The molecular formula is C15H23N3O2W. The van der Waals surface area contributed by atoms with E-state index in [1.807, 2.05) is 12.1 Å². The summed E-state index contributed by atoms with van der Waals surface area (Å²) in [5.41, 5.74) is 7.88. The van der Waals surface area contributed by atoms with Crippen LogP contribution in [0.2, 0.25) is 0 Å². The standard InChI is InChI=1S/C14H20N3O2.CH3.W/c1-17-8-6-14(7-9-17,13(18)19-2)10-11-4-3-5-12(15)16-11;;/h3-5H,6-10H2,1-2H3,(H-,15,16);1H3;/q2*-1;+2. The predicted molar refractivity (Wildman–Crippen MR) is 79.5 cm³/mol. The predicted octanol–water partition coefficient (Wildman–Crippen LogP) is 2.64. The van der Waals surface area contributed by atoms with E-state index >= 15 is 0 Å². The first-order chi connectivity index (χ1) is 9.05. The van der Waals surface area contributed by atoms with Crippen molar-refractivity contribution in [3.8, 4) is 0 Å². The van der Waals surface area contributed by atoms with Crippen LogP contribution in [0.15, 0.2) is 18.2 Å². The van der Waals surface area contributed by atoms with Gasteiger partial charge in [-0.3, -0.25) is 4.79 Å². The molecule has 0 spiro atoms. The fourth-order valence-corrected chi connectivity index (χ4v) is 2.64. The number of hydrogen-bond donors (Lipinski definition) is 0. The molecule has 0 unspecified atom stereocenters. The van der Waals surface area contributed by atoms with Gasteiger partial charge in [-0.15, -0.1) is 0 Å². The number of hydrogen-bond acceptors (Lipinski definition) is 4. The Morgan fingerprint density at radius 2 is 2.05 bits per heavy atom. The number of pyridine rings is 1. The number of carbonyl (C=O) groups excluding carboxylic acids is 1. The largest absolute Gasteiger partial charge is 2.00 e. The minimum absolute atomic E-state index is 0. The van der Waals surface area contributed by atoms with Gasteiger partial charge >= 0.3 is 27.0 Å². The van der Waals surface area contributed by atoms with E-state index in [-0.39, 0.29) is 40.3 Å². The van der Waals surface area contributed by atoms with Crippen LogP contribution in [-0.2, 0) is 37.0 Å². The number of esters is 1. The summed E-state index contributed by atoms with van der Waals surface area (Å²) in [6.07, 6.45) is 2.11. The van der Waals surface area contributed by atoms with Crippen molar-refractivity contribution in [1.82, 2.24) is 9.88 Å². The molecule has 1 aliphatic rings. The molecule has 0 bridgehead atoms. The van der Waals surface area contributed by atoms with Crippen molar-refractivity contribution in [1.29, 1.82) is 0 Å². The van der Waals surface area contributed by atoms with E-state index in [0.29, 0.717) is 6.42 Å². The summed E-state index contributed by atoms with van der Waals surface area (Å²) in [7, 11) is 3.50. The van der Waals surface area contributed by atoms with Gasteiger partial charge in [-0.05, 0) is 39.4 Å². The molecule has 1 N–H and O–H groups in total. The number of piperidine rings is 1. The van der Waals surface area contributed by atoms with E-state index in [2.05, 4.69) is 16.9 Å². The van der Waals surface area contributed by atoms with Crippen LogP contribution in [0.4, 0.5) is 5.82 Å². The summed E-state index contributed by atoms with van der Waals surface area (Å²) in [5.74, 6) is 0.0863. The van der Waals surface area contributed by atoms with Crippen molar-refractivity contribution in [2.75, 3.05) is 27.2 Å². The van der Waals surface area contributed by atoms with Crippen LogP contribution in [0.5, 0.6) is 0 Å². The first-order valence-corrected chi connectivity index (χ1v) is 6.50. The number of rotatable bonds is 3. The topological polar surface area (TPSA) is 66.2 Å². The zero-order valence-corrected chi connectivity index (χ0v) is 15.8. The summed E-state index contributed by atoms with van der Waals surface area (Å²) in [5, 5.41) is 0. The number of carbonyl (C=O) groups is 1. The van der Waals surface area contributed by atoms with Crippen molar-refractivity contribution in [2.24, 2.45) is 5.41 Å². The first-order valence-electron chi connectivity index (χ1n) is 6.50. The Labute approximate surface area is 141 Å². The zero-order chi connectivity index (χ0) is 13.9. The van der Waals surface area contributed by atoms with Gasteiger partial charge in [0.2, 0.25) is 0 Å². The Hall–Kier alpha value is -0.932. The molecule has 1 aliphatic heterocycles. The molecule has 0 saturated carbocycles. The van der Waals surface area contributed by atoms with Crippen LogP contribution in [0.25, 0.3) is 5.73 Å². The third-order valence-electron chi connectivity index (χ3n) is 3.89. The molecule has 0 radical (unpaired) electrons. The summed E-state index contributed by atoms with van der Waals surface area (Å²) in [6.45, 7) is 1.77. The van der Waals surface area contributed by atoms with Gasteiger partial charge in [-0.2, -0.15) is 0 Å². The Bertz CT molecular complexity index is 460. The van der Waals surface area contributed by atoms with Gasteiger partial charge < -0.3 is 27.8 Å². The maximum Gasteiger partial charge on any atom is 2.00 e. The average molecular weight is 461 g/mol. The Kier molecular flexibility index (Phi) is 8.12. The Balaban J connectivity index is 0.00000200. The van der Waals surface area contributed by atoms with Crippen molar-refractivity contribution in [3.05, 3.63) is 37.1 Å². The molecule has 0 aromatic carbocycles. The van der Waals surface area contributed by atoms with E-state index < -0.39 is 5.41 Å². The van der Waals surface area contributed by atoms with Crippen molar-refractivity contribution < 1.29 is 30.6 Å². The van der Waals surface area contributed by atoms with E-state index in [1.165, 1.54) is 7.11 Å². The first kappa shape index (κ1) is 20.1. The average Bonchev–Trinajstić information content (AvgIpc) is 2.41. The zero-order valence-electron chi connectivity index (χ0n) is 12.9. The SMILES string of the molecule is COC(=O)C1(Cc2cccc([NH-])n2)CCN(C)CC1.[CH3-].[W+2]. The minimum atomic E-state index is -0.484. The van der Waals surface area contributed by atoms with E-state index in [9.17, 15) is 4.79 Å². The fourth-order valence-electron chi connectivity index (χ4n) is 2.64. The normalized spacial score (nSPS) is 17.2. The van der Waals surface area contributed by atoms with Gasteiger partial charge in [0.05, 0.1) is 12.5 Å². The molecule has 116 valence electrons. The molecule has 5 nitrogen and oxygen atoms in total. The minimum Gasteiger partial charge on any atom is -0.482 e. The Morgan fingerprint density at radius 1 is 1.43 bits per heavy atom. The molecule has 6 heteroatoms. The number of ether oxygens (including phenoxy) is 1. The van der Waals surface area contributed by atoms with Gasteiger partial charge in [-0.25, -0.2) is 0 Å². The number of nitrogens with zero attached hydrogens (tertiary/aromatic N) is 2. The van der Waals surface area contributed by atoms with Crippen LogP contribution >= 0.6 is 0 Å². The number of likely N-dealkylation sites (tertiary alicyclic amines) is 1. The monoisotopic (exact) mass is 461 g/mol. The van der Waals surface area contributed by atoms with E-state index in [1.54, 1.807) is 6.07 Å². The molecule has 0 aliphatic carbocycles. The van der Waals surface area contributed by atoms with Gasteiger partial charge in [-0.1, -0.05) is 29.7 Å². The number of methoxy groups -OCH3 is 1. The second-order valence-corrected chi connectivity index (χ2v) is 5.27. The summed E-state index contributed by atoms with van der Waals surface area (Å²) < 4.78 is 5.00. The van der Waals surface area contributed by atoms with E-state index in [4.69, 9.17) is 10.5 Å². The van der Waals surface area contributed by atoms with Crippen molar-refractivity contribution in [3.63, 3.8) is 0 Å².